The molecule has 0 heterocycles. The first-order chi connectivity index (χ1) is 6.89. The fourth-order valence-electron chi connectivity index (χ4n) is 0.167. The Morgan fingerprint density at radius 2 is 0.571 bits per heavy atom. The molecule has 1 aliphatic carbocycles. The molecule has 0 bridgehead atoms. The van der Waals surface area contributed by atoms with Crippen molar-refractivity contribution >= 4 is 0 Å². The van der Waals surface area contributed by atoms with Crippen molar-refractivity contribution in [3.8, 4) is 0 Å². The van der Waals surface area contributed by atoms with E-state index < -0.39 is 0 Å². The minimum atomic E-state index is 1.08. The van der Waals surface area contributed by atoms with Crippen LogP contribution in [0.3, 0.4) is 0 Å². The standard InChI is InChI=1S/C4H8.5C2H6/c1-4-2-3-4;5*1-2/h4H,2-3H2,1H3;5*1-2H3. The van der Waals surface area contributed by atoms with Gasteiger partial charge in [-0.1, -0.05) is 89.0 Å². The van der Waals surface area contributed by atoms with Gasteiger partial charge in [-0.25, -0.2) is 0 Å². The molecule has 0 spiro atoms. The fourth-order valence-corrected chi connectivity index (χ4v) is 0.167. The first-order valence-corrected chi connectivity index (χ1v) is 6.89. The van der Waals surface area contributed by atoms with Gasteiger partial charge in [0.1, 0.15) is 0 Å². The summed E-state index contributed by atoms with van der Waals surface area (Å²) in [6, 6.07) is 0. The van der Waals surface area contributed by atoms with Crippen molar-refractivity contribution in [3.05, 3.63) is 0 Å². The molecule has 0 aromatic rings. The van der Waals surface area contributed by atoms with Gasteiger partial charge >= 0.3 is 0 Å². The third-order valence-electron chi connectivity index (χ3n) is 0.866. The Kier molecular flexibility index (Phi) is 156. The molecule has 0 radical (unpaired) electrons. The summed E-state index contributed by atoms with van der Waals surface area (Å²) in [5.41, 5.74) is 0. The van der Waals surface area contributed by atoms with Gasteiger partial charge in [0, 0.05) is 0 Å². The smallest absolute Gasteiger partial charge is 0.0443 e. The molecule has 0 nitrogen and oxygen atoms in total. The van der Waals surface area contributed by atoms with E-state index >= 15 is 0 Å². The predicted octanol–water partition coefficient (Wildman–Crippen LogP) is 6.55. The molecule has 94 valence electrons. The molecule has 14 heavy (non-hydrogen) atoms. The second kappa shape index (κ2) is 74.9. The van der Waals surface area contributed by atoms with Gasteiger partial charge < -0.3 is 0 Å². The van der Waals surface area contributed by atoms with Crippen LogP contribution in [0.15, 0.2) is 0 Å². The normalized spacial score (nSPS) is 9.64. The van der Waals surface area contributed by atoms with Gasteiger partial charge in [0.25, 0.3) is 0 Å². The molecule has 0 heteroatoms. The van der Waals surface area contributed by atoms with E-state index in [2.05, 4.69) is 6.92 Å². The van der Waals surface area contributed by atoms with Gasteiger partial charge in [-0.2, -0.15) is 0 Å². The van der Waals surface area contributed by atoms with Crippen LogP contribution in [0.5, 0.6) is 0 Å². The van der Waals surface area contributed by atoms with Crippen LogP contribution >= 0.6 is 0 Å². The largest absolute Gasteiger partial charge is 0.0683 e. The summed E-state index contributed by atoms with van der Waals surface area (Å²) >= 11 is 0. The highest BCUT2D eigenvalue weighted by atomic mass is 14.2. The summed E-state index contributed by atoms with van der Waals surface area (Å²) in [7, 11) is 0. The van der Waals surface area contributed by atoms with Gasteiger partial charge in [0.15, 0.2) is 0 Å². The summed E-state index contributed by atoms with van der Waals surface area (Å²) < 4.78 is 0. The topological polar surface area (TPSA) is 0 Å². The molecule has 0 unspecified atom stereocenters. The van der Waals surface area contributed by atoms with Crippen LogP contribution in [0.25, 0.3) is 0 Å². The van der Waals surface area contributed by atoms with Gasteiger partial charge in [-0.05, 0) is 5.92 Å². The maximum atomic E-state index is 2.28. The van der Waals surface area contributed by atoms with Crippen LogP contribution < -0.4 is 0 Å². The minimum Gasteiger partial charge on any atom is -0.0683 e. The molecule has 0 saturated heterocycles. The molecule has 0 N–H and O–H groups in total. The van der Waals surface area contributed by atoms with Crippen molar-refractivity contribution in [1.82, 2.24) is 0 Å². The van der Waals surface area contributed by atoms with Crippen LogP contribution in [-0.4, -0.2) is 0 Å². The molecular formula is C14H38. The zero-order chi connectivity index (χ0) is 13.0. The maximum Gasteiger partial charge on any atom is -0.0443 e. The van der Waals surface area contributed by atoms with Gasteiger partial charge in [-0.15, -0.1) is 0 Å². The van der Waals surface area contributed by atoms with Crippen molar-refractivity contribution in [3.63, 3.8) is 0 Å². The first-order valence-electron chi connectivity index (χ1n) is 6.89. The molecule has 1 saturated carbocycles. The highest BCUT2D eigenvalue weighted by Crippen LogP contribution is 2.26. The molecule has 0 aromatic carbocycles. The summed E-state index contributed by atoms with van der Waals surface area (Å²) in [6.07, 6.45) is 2.97. The Balaban J connectivity index is -0.0000000245. The molecule has 0 atom stereocenters. The molecule has 0 aromatic heterocycles. The lowest BCUT2D eigenvalue weighted by Crippen LogP contribution is -1.42. The maximum absolute atomic E-state index is 2.28. The van der Waals surface area contributed by atoms with Gasteiger partial charge in [0.05, 0.1) is 0 Å². The summed E-state index contributed by atoms with van der Waals surface area (Å²) in [6.45, 7) is 22.3. The molecule has 1 rings (SSSR count). The summed E-state index contributed by atoms with van der Waals surface area (Å²) in [5.74, 6) is 1.08. The van der Waals surface area contributed by atoms with E-state index in [0.29, 0.717) is 0 Å². The summed E-state index contributed by atoms with van der Waals surface area (Å²) in [5, 5.41) is 0. The van der Waals surface area contributed by atoms with E-state index in [0.717, 1.165) is 5.92 Å². The van der Waals surface area contributed by atoms with E-state index in [1.807, 2.05) is 69.2 Å². The van der Waals surface area contributed by atoms with Crippen LogP contribution in [-0.2, 0) is 0 Å². The molecule has 0 amide bonds. The van der Waals surface area contributed by atoms with E-state index in [9.17, 15) is 0 Å². The van der Waals surface area contributed by atoms with E-state index in [1.165, 1.54) is 12.8 Å². The lowest BCUT2D eigenvalue weighted by Gasteiger charge is -1.53. The third-order valence-corrected chi connectivity index (χ3v) is 0.866. The Bertz CT molecular complexity index is 19.2. The Labute approximate surface area is 95.5 Å². The highest BCUT2D eigenvalue weighted by molar-refractivity contribution is 4.65. The van der Waals surface area contributed by atoms with E-state index in [4.69, 9.17) is 0 Å². The second-order valence-corrected chi connectivity index (χ2v) is 1.68. The van der Waals surface area contributed by atoms with Gasteiger partial charge in [0.2, 0.25) is 0 Å². The van der Waals surface area contributed by atoms with Gasteiger partial charge in [-0.3, -0.25) is 0 Å². The van der Waals surface area contributed by atoms with E-state index in [-0.39, 0.29) is 0 Å². The lowest BCUT2D eigenvalue weighted by molar-refractivity contribution is 0.983. The zero-order valence-corrected chi connectivity index (χ0v) is 13.0. The van der Waals surface area contributed by atoms with Crippen molar-refractivity contribution < 1.29 is 0 Å². The first kappa shape index (κ1) is 29.2. The third kappa shape index (κ3) is 161. The zero-order valence-electron chi connectivity index (χ0n) is 13.0. The average Bonchev–Trinajstić information content (AvgIpc) is 3.14. The van der Waals surface area contributed by atoms with Crippen LogP contribution in [0.4, 0.5) is 0 Å². The number of hydrogen-bond acceptors (Lipinski definition) is 0. The fraction of sp³-hybridized carbons (Fsp3) is 1.00. The lowest BCUT2D eigenvalue weighted by atomic mass is 10.5. The van der Waals surface area contributed by atoms with Crippen molar-refractivity contribution in [2.75, 3.05) is 0 Å². The molecule has 1 aliphatic rings. The Morgan fingerprint density at radius 3 is 0.571 bits per heavy atom. The Hall–Kier alpha value is 0. The predicted molar refractivity (Wildman–Crippen MR) is 75.1 cm³/mol. The molecular weight excluding hydrogens is 168 g/mol. The minimum absolute atomic E-state index is 1.08. The van der Waals surface area contributed by atoms with Crippen LogP contribution in [0.1, 0.15) is 89.0 Å². The Morgan fingerprint density at radius 1 is 0.500 bits per heavy atom. The quantitative estimate of drug-likeness (QED) is 0.422. The number of rotatable bonds is 0. The van der Waals surface area contributed by atoms with Crippen LogP contribution in [0, 0.1) is 5.92 Å². The van der Waals surface area contributed by atoms with Crippen molar-refractivity contribution in [2.45, 2.75) is 89.0 Å². The van der Waals surface area contributed by atoms with E-state index in [1.54, 1.807) is 0 Å². The average molecular weight is 206 g/mol. The highest BCUT2D eigenvalue weighted by Gasteiger charge is 2.12. The number of hydrogen-bond donors (Lipinski definition) is 0. The SMILES string of the molecule is CC.CC.CC.CC.CC.CC1CC1. The van der Waals surface area contributed by atoms with Crippen LogP contribution in [0.2, 0.25) is 0 Å². The summed E-state index contributed by atoms with van der Waals surface area (Å²) in [4.78, 5) is 0. The molecule has 0 aliphatic heterocycles. The molecule has 1 fully saturated rings. The van der Waals surface area contributed by atoms with Crippen molar-refractivity contribution in [1.29, 1.82) is 0 Å². The second-order valence-electron chi connectivity index (χ2n) is 1.68. The van der Waals surface area contributed by atoms with Crippen molar-refractivity contribution in [2.24, 2.45) is 5.92 Å². The monoisotopic (exact) mass is 206 g/mol.